The number of benzene rings is 2. The van der Waals surface area contributed by atoms with E-state index in [4.69, 9.17) is 14.2 Å². The first kappa shape index (κ1) is 28.3. The lowest BCUT2D eigenvalue weighted by Crippen LogP contribution is -2.40. The van der Waals surface area contributed by atoms with Gasteiger partial charge in [-0.25, -0.2) is 16.8 Å². The van der Waals surface area contributed by atoms with Crippen LogP contribution in [0, 0.1) is 0 Å². The van der Waals surface area contributed by atoms with E-state index in [1.807, 2.05) is 0 Å². The Hall–Kier alpha value is -2.71. The Morgan fingerprint density at radius 2 is 1.50 bits per heavy atom. The van der Waals surface area contributed by atoms with Crippen molar-refractivity contribution in [3.05, 3.63) is 42.0 Å². The number of aryl methyl sites for hydroxylation is 1. The molecule has 1 amide bonds. The van der Waals surface area contributed by atoms with E-state index in [9.17, 15) is 21.6 Å². The topological polar surface area (TPSA) is 132 Å². The molecule has 2 saturated heterocycles. The lowest BCUT2D eigenvalue weighted by Gasteiger charge is -2.26. The fourth-order valence-corrected chi connectivity index (χ4v) is 7.70. The lowest BCUT2D eigenvalue weighted by atomic mass is 10.1. The highest BCUT2D eigenvalue weighted by Crippen LogP contribution is 2.31. The molecule has 0 aliphatic carbocycles. The van der Waals surface area contributed by atoms with Crippen LogP contribution in [-0.4, -0.2) is 85.0 Å². The van der Waals surface area contributed by atoms with Crippen LogP contribution < -0.4 is 14.8 Å². The molecule has 38 heavy (non-hydrogen) atoms. The third kappa shape index (κ3) is 6.12. The number of morpholine rings is 1. The van der Waals surface area contributed by atoms with Crippen LogP contribution >= 0.6 is 0 Å². The van der Waals surface area contributed by atoms with E-state index in [0.29, 0.717) is 43.3 Å². The molecule has 11 nitrogen and oxygen atoms in total. The van der Waals surface area contributed by atoms with Gasteiger partial charge in [-0.2, -0.15) is 8.61 Å². The third-order valence-electron chi connectivity index (χ3n) is 6.61. The van der Waals surface area contributed by atoms with E-state index in [1.165, 1.54) is 41.0 Å². The number of hydrogen-bond donors (Lipinski definition) is 1. The van der Waals surface area contributed by atoms with Gasteiger partial charge >= 0.3 is 0 Å². The Balaban J connectivity index is 1.48. The zero-order chi connectivity index (χ0) is 27.3. The molecule has 2 aromatic carbocycles. The Kier molecular flexibility index (Phi) is 8.93. The number of nitrogens with zero attached hydrogens (tertiary/aromatic N) is 2. The number of rotatable bonds is 10. The maximum atomic E-state index is 13.2. The molecule has 13 heteroatoms. The van der Waals surface area contributed by atoms with E-state index >= 15 is 0 Å². The number of ether oxygens (including phenoxy) is 3. The Labute approximate surface area is 223 Å². The predicted octanol–water partition coefficient (Wildman–Crippen LogP) is 2.08. The molecule has 208 valence electrons. The van der Waals surface area contributed by atoms with Crippen molar-refractivity contribution in [1.29, 1.82) is 0 Å². The van der Waals surface area contributed by atoms with Gasteiger partial charge in [0.05, 0.1) is 32.3 Å². The highest BCUT2D eigenvalue weighted by Gasteiger charge is 2.30. The molecule has 2 aromatic rings. The molecule has 1 N–H and O–H groups in total. The summed E-state index contributed by atoms with van der Waals surface area (Å²) in [6, 6.07) is 9.12. The second kappa shape index (κ2) is 12.0. The SMILES string of the molecule is COc1ccc(S(=O)(=O)N2CCCC2)cc1CCC(=O)Nc1ccc(OC)c(S(=O)(=O)N2CCOCC2)c1. The zero-order valence-corrected chi connectivity index (χ0v) is 23.1. The fourth-order valence-electron chi connectivity index (χ4n) is 4.54. The minimum Gasteiger partial charge on any atom is -0.496 e. The first-order chi connectivity index (χ1) is 18.2. The quantitative estimate of drug-likeness (QED) is 0.462. The standard InChI is InChI=1S/C25H33N3O8S2/c1-34-22-9-7-21(37(30,31)27-11-3-4-12-27)17-19(22)5-10-25(29)26-20-6-8-23(35-2)24(18-20)38(32,33)28-13-15-36-16-14-28/h6-9,17-18H,3-5,10-16H2,1-2H3,(H,26,29). The number of methoxy groups -OCH3 is 2. The second-order valence-corrected chi connectivity index (χ2v) is 12.9. The molecule has 0 spiro atoms. The average molecular weight is 568 g/mol. The molecular weight excluding hydrogens is 534 g/mol. The highest BCUT2D eigenvalue weighted by molar-refractivity contribution is 7.89. The minimum absolute atomic E-state index is 0.0289. The third-order valence-corrected chi connectivity index (χ3v) is 10.4. The molecular formula is C25H33N3O8S2. The van der Waals surface area contributed by atoms with Crippen molar-refractivity contribution in [3.8, 4) is 11.5 Å². The normalized spacial score (nSPS) is 17.3. The maximum Gasteiger partial charge on any atom is 0.246 e. The summed E-state index contributed by atoms with van der Waals surface area (Å²) in [7, 11) is -4.59. The first-order valence-electron chi connectivity index (χ1n) is 12.4. The van der Waals surface area contributed by atoms with Gasteiger partial charge in [0.1, 0.15) is 16.4 Å². The minimum atomic E-state index is -3.85. The summed E-state index contributed by atoms with van der Waals surface area (Å²) in [4.78, 5) is 12.9. The molecule has 0 saturated carbocycles. The molecule has 2 heterocycles. The number of sulfonamides is 2. The number of nitrogens with one attached hydrogen (secondary N) is 1. The number of carbonyl (C=O) groups is 1. The smallest absolute Gasteiger partial charge is 0.246 e. The van der Waals surface area contributed by atoms with Crippen molar-refractivity contribution in [2.75, 3.05) is 58.9 Å². The molecule has 2 aliphatic heterocycles. The van der Waals surface area contributed by atoms with Gasteiger partial charge < -0.3 is 19.5 Å². The molecule has 4 rings (SSSR count). The Morgan fingerprint density at radius 1 is 0.868 bits per heavy atom. The van der Waals surface area contributed by atoms with Crippen LogP contribution in [0.3, 0.4) is 0 Å². The molecule has 0 atom stereocenters. The lowest BCUT2D eigenvalue weighted by molar-refractivity contribution is -0.116. The number of amides is 1. The molecule has 0 bridgehead atoms. The van der Waals surface area contributed by atoms with Crippen molar-refractivity contribution in [2.45, 2.75) is 35.5 Å². The second-order valence-electron chi connectivity index (χ2n) is 9.02. The largest absolute Gasteiger partial charge is 0.496 e. The van der Waals surface area contributed by atoms with Crippen LogP contribution in [0.2, 0.25) is 0 Å². The van der Waals surface area contributed by atoms with Gasteiger partial charge in [0.15, 0.2) is 0 Å². The molecule has 0 aromatic heterocycles. The van der Waals surface area contributed by atoms with Crippen LogP contribution in [-0.2, 0) is 36.0 Å². The summed E-state index contributed by atoms with van der Waals surface area (Å²) in [5.74, 6) is 0.302. The van der Waals surface area contributed by atoms with Crippen LogP contribution in [0.15, 0.2) is 46.2 Å². The van der Waals surface area contributed by atoms with E-state index in [2.05, 4.69) is 5.32 Å². The molecule has 2 aliphatic rings. The fraction of sp³-hybridized carbons (Fsp3) is 0.480. The Morgan fingerprint density at radius 3 is 2.16 bits per heavy atom. The van der Waals surface area contributed by atoms with Crippen LogP contribution in [0.5, 0.6) is 11.5 Å². The van der Waals surface area contributed by atoms with Crippen LogP contribution in [0.1, 0.15) is 24.8 Å². The van der Waals surface area contributed by atoms with Crippen LogP contribution in [0.4, 0.5) is 5.69 Å². The van der Waals surface area contributed by atoms with Gasteiger partial charge in [-0.15, -0.1) is 0 Å². The summed E-state index contributed by atoms with van der Waals surface area (Å²) in [5, 5.41) is 2.74. The number of anilines is 1. The van der Waals surface area contributed by atoms with Crippen LogP contribution in [0.25, 0.3) is 0 Å². The van der Waals surface area contributed by atoms with Gasteiger partial charge in [-0.05, 0) is 61.2 Å². The van der Waals surface area contributed by atoms with Gasteiger partial charge in [0, 0.05) is 38.3 Å². The van der Waals surface area contributed by atoms with Gasteiger partial charge in [-0.1, -0.05) is 0 Å². The molecule has 0 radical (unpaired) electrons. The van der Waals surface area contributed by atoms with Crippen molar-refractivity contribution >= 4 is 31.6 Å². The average Bonchev–Trinajstić information content (AvgIpc) is 3.48. The van der Waals surface area contributed by atoms with Gasteiger partial charge in [0.2, 0.25) is 26.0 Å². The predicted molar refractivity (Wildman–Crippen MR) is 141 cm³/mol. The Bertz CT molecular complexity index is 1370. The summed E-state index contributed by atoms with van der Waals surface area (Å²) in [6.45, 7) is 2.07. The van der Waals surface area contributed by atoms with E-state index in [1.54, 1.807) is 18.2 Å². The molecule has 0 unspecified atom stereocenters. The van der Waals surface area contributed by atoms with Crippen molar-refractivity contribution < 1.29 is 35.8 Å². The summed E-state index contributed by atoms with van der Waals surface area (Å²) in [5.41, 5.74) is 0.896. The van der Waals surface area contributed by atoms with Gasteiger partial charge in [0.25, 0.3) is 0 Å². The van der Waals surface area contributed by atoms with E-state index in [-0.39, 0.29) is 47.4 Å². The van der Waals surface area contributed by atoms with Gasteiger partial charge in [-0.3, -0.25) is 4.79 Å². The van der Waals surface area contributed by atoms with Crippen molar-refractivity contribution in [1.82, 2.24) is 8.61 Å². The number of hydrogen-bond acceptors (Lipinski definition) is 8. The highest BCUT2D eigenvalue weighted by atomic mass is 32.2. The maximum absolute atomic E-state index is 13.2. The van der Waals surface area contributed by atoms with Crippen molar-refractivity contribution in [2.24, 2.45) is 0 Å². The van der Waals surface area contributed by atoms with E-state index < -0.39 is 20.0 Å². The molecule has 2 fully saturated rings. The number of carbonyl (C=O) groups excluding carboxylic acids is 1. The monoisotopic (exact) mass is 567 g/mol. The summed E-state index contributed by atoms with van der Waals surface area (Å²) in [6.07, 6.45) is 1.93. The van der Waals surface area contributed by atoms with Crippen molar-refractivity contribution in [3.63, 3.8) is 0 Å². The summed E-state index contributed by atoms with van der Waals surface area (Å²) < 4.78 is 71.1. The zero-order valence-electron chi connectivity index (χ0n) is 21.5. The van der Waals surface area contributed by atoms with E-state index in [0.717, 1.165) is 12.8 Å². The first-order valence-corrected chi connectivity index (χ1v) is 15.3. The summed E-state index contributed by atoms with van der Waals surface area (Å²) >= 11 is 0.